The van der Waals surface area contributed by atoms with Crippen LogP contribution in [0.15, 0.2) is 6.07 Å². The number of Topliss-reactive ketones (excluding diaryl/α,β-unsaturated/α-hetero) is 1. The maximum atomic E-state index is 12.3. The monoisotopic (exact) mass is 248 g/mol. The zero-order chi connectivity index (χ0) is 12.0. The molecular weight excluding hydrogens is 228 g/mol. The second kappa shape index (κ2) is 4.24. The molecule has 17 heavy (non-hydrogen) atoms. The minimum Gasteiger partial charge on any atom is -0.293 e. The Morgan fingerprint density at radius 1 is 1.35 bits per heavy atom. The fourth-order valence-corrected chi connectivity index (χ4v) is 4.66. The van der Waals surface area contributed by atoms with Gasteiger partial charge in [-0.2, -0.15) is 0 Å². The summed E-state index contributed by atoms with van der Waals surface area (Å²) in [4.78, 5) is 14.5. The maximum absolute atomic E-state index is 12.3. The van der Waals surface area contributed by atoms with Crippen LogP contribution in [0.5, 0.6) is 0 Å². The third-order valence-electron chi connectivity index (χ3n) is 4.77. The maximum Gasteiger partial charge on any atom is 0.173 e. The van der Waals surface area contributed by atoms with E-state index in [0.717, 1.165) is 23.1 Å². The molecular formula is C15H20OS. The quantitative estimate of drug-likeness (QED) is 0.726. The first-order valence-corrected chi connectivity index (χ1v) is 7.55. The fraction of sp³-hybridized carbons (Fsp3) is 0.667. The molecule has 0 aromatic carbocycles. The standard InChI is InChI=1S/C15H20OS/c1-9-5-15(17-10(9)2)14(16)8-13-7-11-3-4-12(13)6-11/h5,11-13H,3-4,6-8H2,1-2H3. The van der Waals surface area contributed by atoms with Crippen molar-refractivity contribution in [2.45, 2.75) is 46.0 Å². The second-order valence-corrected chi connectivity index (χ2v) is 7.17. The van der Waals surface area contributed by atoms with Gasteiger partial charge in [-0.05, 0) is 62.5 Å². The highest BCUT2D eigenvalue weighted by molar-refractivity contribution is 7.14. The van der Waals surface area contributed by atoms with E-state index in [-0.39, 0.29) is 0 Å². The predicted molar refractivity (Wildman–Crippen MR) is 71.7 cm³/mol. The van der Waals surface area contributed by atoms with Crippen molar-refractivity contribution >= 4 is 17.1 Å². The summed E-state index contributed by atoms with van der Waals surface area (Å²) >= 11 is 1.68. The van der Waals surface area contributed by atoms with Crippen LogP contribution in [-0.4, -0.2) is 5.78 Å². The average molecular weight is 248 g/mol. The van der Waals surface area contributed by atoms with E-state index in [9.17, 15) is 4.79 Å². The van der Waals surface area contributed by atoms with Gasteiger partial charge in [0.15, 0.2) is 5.78 Å². The van der Waals surface area contributed by atoms with E-state index in [2.05, 4.69) is 19.9 Å². The molecule has 3 rings (SSSR count). The summed E-state index contributed by atoms with van der Waals surface area (Å²) in [6, 6.07) is 2.08. The molecule has 1 heterocycles. The van der Waals surface area contributed by atoms with Gasteiger partial charge in [-0.1, -0.05) is 6.42 Å². The van der Waals surface area contributed by atoms with Gasteiger partial charge >= 0.3 is 0 Å². The molecule has 2 aliphatic carbocycles. The van der Waals surface area contributed by atoms with E-state index in [1.165, 1.54) is 36.1 Å². The van der Waals surface area contributed by atoms with Crippen molar-refractivity contribution in [1.82, 2.24) is 0 Å². The SMILES string of the molecule is Cc1cc(C(=O)CC2CC3CCC2C3)sc1C. The molecule has 2 bridgehead atoms. The van der Waals surface area contributed by atoms with E-state index in [1.54, 1.807) is 11.3 Å². The molecule has 2 saturated carbocycles. The molecule has 2 heteroatoms. The molecule has 3 atom stereocenters. The third kappa shape index (κ3) is 2.08. The minimum absolute atomic E-state index is 0.392. The predicted octanol–water partition coefficient (Wildman–Crippen LogP) is 4.37. The summed E-state index contributed by atoms with van der Waals surface area (Å²) < 4.78 is 0. The summed E-state index contributed by atoms with van der Waals surface area (Å²) in [5.41, 5.74) is 1.27. The number of carbonyl (C=O) groups is 1. The van der Waals surface area contributed by atoms with Crippen LogP contribution < -0.4 is 0 Å². The Balaban J connectivity index is 1.67. The summed E-state index contributed by atoms with van der Waals surface area (Å²) in [6.07, 6.45) is 6.33. The zero-order valence-electron chi connectivity index (χ0n) is 10.7. The number of fused-ring (bicyclic) bond motifs is 2. The number of thiophene rings is 1. The normalized spacial score (nSPS) is 31.1. The van der Waals surface area contributed by atoms with Crippen LogP contribution in [0.1, 0.15) is 52.2 Å². The van der Waals surface area contributed by atoms with Crippen LogP contribution in [-0.2, 0) is 0 Å². The zero-order valence-corrected chi connectivity index (χ0v) is 11.5. The van der Waals surface area contributed by atoms with Crippen molar-refractivity contribution in [3.8, 4) is 0 Å². The van der Waals surface area contributed by atoms with Gasteiger partial charge in [-0.15, -0.1) is 11.3 Å². The molecule has 0 amide bonds. The molecule has 0 radical (unpaired) electrons. The van der Waals surface area contributed by atoms with E-state index in [4.69, 9.17) is 0 Å². The summed E-state index contributed by atoms with van der Waals surface area (Å²) in [5.74, 6) is 2.91. The Morgan fingerprint density at radius 3 is 2.71 bits per heavy atom. The molecule has 2 aliphatic rings. The lowest BCUT2D eigenvalue weighted by molar-refractivity contribution is 0.0948. The van der Waals surface area contributed by atoms with Gasteiger partial charge in [0, 0.05) is 11.3 Å². The molecule has 3 unspecified atom stereocenters. The van der Waals surface area contributed by atoms with Crippen molar-refractivity contribution in [2.24, 2.45) is 17.8 Å². The summed E-state index contributed by atoms with van der Waals surface area (Å²) in [7, 11) is 0. The number of aryl methyl sites for hydroxylation is 2. The van der Waals surface area contributed by atoms with Gasteiger partial charge in [0.2, 0.25) is 0 Å². The van der Waals surface area contributed by atoms with Gasteiger partial charge in [0.05, 0.1) is 4.88 Å². The Labute approximate surface area is 107 Å². The first-order chi connectivity index (χ1) is 8.13. The lowest BCUT2D eigenvalue weighted by Gasteiger charge is -2.20. The molecule has 0 spiro atoms. The number of carbonyl (C=O) groups excluding carboxylic acids is 1. The molecule has 2 fully saturated rings. The van der Waals surface area contributed by atoms with Crippen LogP contribution in [0.4, 0.5) is 0 Å². The number of hydrogen-bond donors (Lipinski definition) is 0. The van der Waals surface area contributed by atoms with Gasteiger partial charge in [-0.3, -0.25) is 4.79 Å². The first kappa shape index (κ1) is 11.5. The lowest BCUT2D eigenvalue weighted by atomic mass is 9.85. The fourth-order valence-electron chi connectivity index (χ4n) is 3.68. The van der Waals surface area contributed by atoms with Crippen molar-refractivity contribution < 1.29 is 4.79 Å². The van der Waals surface area contributed by atoms with Crippen LogP contribution in [0, 0.1) is 31.6 Å². The molecule has 0 N–H and O–H groups in total. The highest BCUT2D eigenvalue weighted by Crippen LogP contribution is 2.49. The Kier molecular flexibility index (Phi) is 2.86. The van der Waals surface area contributed by atoms with E-state index in [1.807, 2.05) is 0 Å². The van der Waals surface area contributed by atoms with Crippen LogP contribution in [0.3, 0.4) is 0 Å². The molecule has 0 aliphatic heterocycles. The topological polar surface area (TPSA) is 17.1 Å². The molecule has 1 aromatic heterocycles. The Bertz CT molecular complexity index is 426. The van der Waals surface area contributed by atoms with Gasteiger partial charge in [0.1, 0.15) is 0 Å². The molecule has 1 nitrogen and oxygen atoms in total. The first-order valence-electron chi connectivity index (χ1n) is 6.73. The highest BCUT2D eigenvalue weighted by atomic mass is 32.1. The minimum atomic E-state index is 0.392. The average Bonchev–Trinajstić information content (AvgIpc) is 2.95. The Hall–Kier alpha value is -0.630. The van der Waals surface area contributed by atoms with Gasteiger partial charge < -0.3 is 0 Å². The Morgan fingerprint density at radius 2 is 2.18 bits per heavy atom. The van der Waals surface area contributed by atoms with Gasteiger partial charge in [-0.25, -0.2) is 0 Å². The van der Waals surface area contributed by atoms with Crippen molar-refractivity contribution in [1.29, 1.82) is 0 Å². The van der Waals surface area contributed by atoms with Crippen LogP contribution >= 0.6 is 11.3 Å². The lowest BCUT2D eigenvalue weighted by Crippen LogP contribution is -2.14. The molecule has 92 valence electrons. The van der Waals surface area contributed by atoms with Gasteiger partial charge in [0.25, 0.3) is 0 Å². The van der Waals surface area contributed by atoms with Crippen molar-refractivity contribution in [3.63, 3.8) is 0 Å². The van der Waals surface area contributed by atoms with Crippen molar-refractivity contribution in [2.75, 3.05) is 0 Å². The van der Waals surface area contributed by atoms with E-state index in [0.29, 0.717) is 11.7 Å². The smallest absolute Gasteiger partial charge is 0.173 e. The van der Waals surface area contributed by atoms with Crippen LogP contribution in [0.2, 0.25) is 0 Å². The van der Waals surface area contributed by atoms with Crippen molar-refractivity contribution in [3.05, 3.63) is 21.4 Å². The molecule has 0 saturated heterocycles. The number of ketones is 1. The summed E-state index contributed by atoms with van der Waals surface area (Å²) in [5, 5.41) is 0. The summed E-state index contributed by atoms with van der Waals surface area (Å²) in [6.45, 7) is 4.20. The number of hydrogen-bond acceptors (Lipinski definition) is 2. The van der Waals surface area contributed by atoms with E-state index < -0.39 is 0 Å². The van der Waals surface area contributed by atoms with E-state index >= 15 is 0 Å². The molecule has 1 aromatic rings. The number of rotatable bonds is 3. The largest absolute Gasteiger partial charge is 0.293 e. The second-order valence-electron chi connectivity index (χ2n) is 5.91. The highest BCUT2D eigenvalue weighted by Gasteiger charge is 2.40. The third-order valence-corrected chi connectivity index (χ3v) is 5.97. The van der Waals surface area contributed by atoms with Crippen LogP contribution in [0.25, 0.3) is 0 Å².